The maximum Gasteiger partial charge on any atom is 0.250 e. The fourth-order valence-corrected chi connectivity index (χ4v) is 5.11. The molecule has 1 aliphatic carbocycles. The van der Waals surface area contributed by atoms with Crippen LogP contribution >= 0.6 is 23.1 Å². The SMILES string of the molecule is CSC1(CNS(=O)(=O)c2cc(C)c(CO)s2)CC1. The number of hydrogen-bond acceptors (Lipinski definition) is 5. The second-order valence-corrected chi connectivity index (χ2v) is 8.95. The minimum atomic E-state index is -3.43. The van der Waals surface area contributed by atoms with Crippen LogP contribution in [0.25, 0.3) is 0 Å². The fourth-order valence-electron chi connectivity index (χ4n) is 1.67. The van der Waals surface area contributed by atoms with E-state index in [-0.39, 0.29) is 11.4 Å². The van der Waals surface area contributed by atoms with Crippen LogP contribution in [0.5, 0.6) is 0 Å². The first-order valence-electron chi connectivity index (χ1n) is 5.67. The maximum atomic E-state index is 12.1. The van der Waals surface area contributed by atoms with E-state index in [9.17, 15) is 8.42 Å². The topological polar surface area (TPSA) is 66.4 Å². The van der Waals surface area contributed by atoms with Crippen LogP contribution in [0, 0.1) is 6.92 Å². The standard InChI is InChI=1S/C11H17NO3S3/c1-8-5-10(17-9(8)6-13)18(14,15)12-7-11(16-2)3-4-11/h5,12-13H,3-4,6-7H2,1-2H3. The third kappa shape index (κ3) is 2.91. The molecule has 0 saturated heterocycles. The summed E-state index contributed by atoms with van der Waals surface area (Å²) in [7, 11) is -3.43. The molecule has 0 aromatic carbocycles. The smallest absolute Gasteiger partial charge is 0.250 e. The molecule has 2 N–H and O–H groups in total. The number of nitrogens with one attached hydrogen (secondary N) is 1. The van der Waals surface area contributed by atoms with Gasteiger partial charge in [-0.05, 0) is 37.7 Å². The van der Waals surface area contributed by atoms with Crippen molar-refractivity contribution in [2.75, 3.05) is 12.8 Å². The fraction of sp³-hybridized carbons (Fsp3) is 0.636. The molecule has 0 radical (unpaired) electrons. The molecule has 1 heterocycles. The number of aryl methyl sites for hydroxylation is 1. The molecular formula is C11H17NO3S3. The van der Waals surface area contributed by atoms with Crippen molar-refractivity contribution in [2.45, 2.75) is 35.3 Å². The Morgan fingerprint density at radius 2 is 2.22 bits per heavy atom. The highest BCUT2D eigenvalue weighted by atomic mass is 32.2. The van der Waals surface area contributed by atoms with Gasteiger partial charge >= 0.3 is 0 Å². The van der Waals surface area contributed by atoms with Gasteiger partial charge in [0.25, 0.3) is 0 Å². The molecule has 0 bridgehead atoms. The van der Waals surface area contributed by atoms with Crippen LogP contribution in [0.4, 0.5) is 0 Å². The zero-order valence-electron chi connectivity index (χ0n) is 10.4. The lowest BCUT2D eigenvalue weighted by molar-refractivity contribution is 0.285. The average molecular weight is 307 g/mol. The minimum Gasteiger partial charge on any atom is -0.391 e. The van der Waals surface area contributed by atoms with E-state index in [0.29, 0.717) is 15.6 Å². The molecule has 7 heteroatoms. The molecule has 0 atom stereocenters. The van der Waals surface area contributed by atoms with Gasteiger partial charge in [0.15, 0.2) is 0 Å². The van der Waals surface area contributed by atoms with E-state index >= 15 is 0 Å². The van der Waals surface area contributed by atoms with Gasteiger partial charge in [-0.2, -0.15) is 11.8 Å². The number of aliphatic hydroxyl groups is 1. The monoisotopic (exact) mass is 307 g/mol. The zero-order valence-corrected chi connectivity index (χ0v) is 12.8. The Bertz CT molecular complexity index is 532. The van der Waals surface area contributed by atoms with Crippen LogP contribution < -0.4 is 4.72 Å². The highest BCUT2D eigenvalue weighted by Gasteiger charge is 2.42. The van der Waals surface area contributed by atoms with Gasteiger partial charge in [0, 0.05) is 16.2 Å². The summed E-state index contributed by atoms with van der Waals surface area (Å²) in [6.45, 7) is 2.19. The number of aliphatic hydroxyl groups excluding tert-OH is 1. The van der Waals surface area contributed by atoms with Crippen LogP contribution in [-0.2, 0) is 16.6 Å². The largest absolute Gasteiger partial charge is 0.391 e. The quantitative estimate of drug-likeness (QED) is 0.840. The highest BCUT2D eigenvalue weighted by molar-refractivity contribution is 8.00. The maximum absolute atomic E-state index is 12.1. The van der Waals surface area contributed by atoms with Gasteiger partial charge in [0.05, 0.1) is 6.61 Å². The molecule has 0 spiro atoms. The molecular weight excluding hydrogens is 290 g/mol. The molecule has 1 aromatic rings. The third-order valence-electron chi connectivity index (χ3n) is 3.23. The Hall–Kier alpha value is -0.0800. The molecule has 1 aliphatic rings. The highest BCUT2D eigenvalue weighted by Crippen LogP contribution is 2.46. The lowest BCUT2D eigenvalue weighted by Gasteiger charge is -2.12. The molecule has 4 nitrogen and oxygen atoms in total. The third-order valence-corrected chi connectivity index (χ3v) is 7.75. The van der Waals surface area contributed by atoms with Gasteiger partial charge in [-0.15, -0.1) is 11.3 Å². The van der Waals surface area contributed by atoms with Gasteiger partial charge in [0.2, 0.25) is 10.0 Å². The molecule has 0 amide bonds. The van der Waals surface area contributed by atoms with Crippen LogP contribution in [0.1, 0.15) is 23.3 Å². The van der Waals surface area contributed by atoms with Gasteiger partial charge in [-0.3, -0.25) is 0 Å². The van der Waals surface area contributed by atoms with Gasteiger partial charge < -0.3 is 5.11 Å². The van der Waals surface area contributed by atoms with E-state index in [4.69, 9.17) is 5.11 Å². The Morgan fingerprint density at radius 1 is 1.56 bits per heavy atom. The summed E-state index contributed by atoms with van der Waals surface area (Å²) in [6.07, 6.45) is 4.16. The number of hydrogen-bond donors (Lipinski definition) is 2. The van der Waals surface area contributed by atoms with Crippen LogP contribution in [-0.4, -0.2) is 31.1 Å². The lowest BCUT2D eigenvalue weighted by Crippen LogP contribution is -2.31. The molecule has 2 rings (SSSR count). The summed E-state index contributed by atoms with van der Waals surface area (Å²) in [5.41, 5.74) is 0.828. The average Bonchev–Trinajstić information content (AvgIpc) is 3.03. The Kier molecular flexibility index (Phi) is 4.08. The zero-order chi connectivity index (χ0) is 13.4. The Balaban J connectivity index is 2.10. The molecule has 0 unspecified atom stereocenters. The van der Waals surface area contributed by atoms with Crippen molar-refractivity contribution in [3.8, 4) is 0 Å². The summed E-state index contributed by atoms with van der Waals surface area (Å²) >= 11 is 2.86. The molecule has 102 valence electrons. The van der Waals surface area contributed by atoms with Crippen molar-refractivity contribution in [3.63, 3.8) is 0 Å². The summed E-state index contributed by atoms with van der Waals surface area (Å²) in [5.74, 6) is 0. The van der Waals surface area contributed by atoms with Crippen molar-refractivity contribution in [2.24, 2.45) is 0 Å². The molecule has 1 fully saturated rings. The molecule has 18 heavy (non-hydrogen) atoms. The predicted octanol–water partition coefficient (Wildman–Crippen LogP) is 1.72. The second kappa shape index (κ2) is 5.13. The summed E-state index contributed by atoms with van der Waals surface area (Å²) in [6, 6.07) is 1.62. The van der Waals surface area contributed by atoms with Gasteiger partial charge in [0.1, 0.15) is 4.21 Å². The normalized spacial score (nSPS) is 17.9. The number of sulfonamides is 1. The van der Waals surface area contributed by atoms with E-state index in [0.717, 1.165) is 29.7 Å². The molecule has 1 aromatic heterocycles. The first kappa shape index (κ1) is 14.3. The van der Waals surface area contributed by atoms with Gasteiger partial charge in [-0.25, -0.2) is 13.1 Å². The minimum absolute atomic E-state index is 0.110. The van der Waals surface area contributed by atoms with E-state index in [1.807, 2.05) is 13.2 Å². The van der Waals surface area contributed by atoms with Crippen molar-refractivity contribution in [3.05, 3.63) is 16.5 Å². The van der Waals surface area contributed by atoms with Crippen LogP contribution in [0.2, 0.25) is 0 Å². The summed E-state index contributed by atoms with van der Waals surface area (Å²) in [4.78, 5) is 0.710. The van der Waals surface area contributed by atoms with Crippen molar-refractivity contribution < 1.29 is 13.5 Å². The van der Waals surface area contributed by atoms with Crippen molar-refractivity contribution in [1.82, 2.24) is 4.72 Å². The van der Waals surface area contributed by atoms with E-state index in [1.54, 1.807) is 17.8 Å². The van der Waals surface area contributed by atoms with E-state index in [1.165, 1.54) is 0 Å². The van der Waals surface area contributed by atoms with Crippen molar-refractivity contribution in [1.29, 1.82) is 0 Å². The first-order chi connectivity index (χ1) is 8.42. The number of thiophene rings is 1. The number of thioether (sulfide) groups is 1. The Labute approximate surface area is 116 Å². The van der Waals surface area contributed by atoms with E-state index < -0.39 is 10.0 Å². The van der Waals surface area contributed by atoms with E-state index in [2.05, 4.69) is 4.72 Å². The predicted molar refractivity (Wildman–Crippen MR) is 75.6 cm³/mol. The van der Waals surface area contributed by atoms with Gasteiger partial charge in [-0.1, -0.05) is 0 Å². The Morgan fingerprint density at radius 3 is 2.67 bits per heavy atom. The van der Waals surface area contributed by atoms with Crippen LogP contribution in [0.3, 0.4) is 0 Å². The lowest BCUT2D eigenvalue weighted by atomic mass is 10.3. The second-order valence-electron chi connectivity index (χ2n) is 4.54. The summed E-state index contributed by atoms with van der Waals surface area (Å²) in [5, 5.41) is 9.10. The summed E-state index contributed by atoms with van der Waals surface area (Å²) < 4.78 is 27.3. The molecule has 0 aliphatic heterocycles. The van der Waals surface area contributed by atoms with Crippen molar-refractivity contribution >= 4 is 33.1 Å². The molecule has 1 saturated carbocycles. The first-order valence-corrected chi connectivity index (χ1v) is 9.20. The number of rotatable bonds is 6. The van der Waals surface area contributed by atoms with Crippen LogP contribution in [0.15, 0.2) is 10.3 Å².